The Labute approximate surface area is 221 Å². The lowest BCUT2D eigenvalue weighted by Gasteiger charge is -2.64. The normalized spacial score (nSPS) is 42.0. The van der Waals surface area contributed by atoms with Crippen LogP contribution in [0.1, 0.15) is 53.4 Å². The number of halogens is 1. The molecule has 1 N–H and O–H groups in total. The maximum absolute atomic E-state index is 13.8. The molecule has 3 saturated carbocycles. The second kappa shape index (κ2) is 9.42. The lowest BCUT2D eigenvalue weighted by Crippen LogP contribution is -2.69. The zero-order valence-corrected chi connectivity index (χ0v) is 22.6. The van der Waals surface area contributed by atoms with Crippen molar-refractivity contribution >= 4 is 35.5 Å². The minimum atomic E-state index is -1.73. The first-order valence-electron chi connectivity index (χ1n) is 12.7. The molecule has 0 aromatic carbocycles. The van der Waals surface area contributed by atoms with E-state index in [1.807, 2.05) is 20.8 Å². The van der Waals surface area contributed by atoms with Crippen molar-refractivity contribution < 1.29 is 43.2 Å². The van der Waals surface area contributed by atoms with Crippen molar-refractivity contribution in [3.63, 3.8) is 0 Å². The molecule has 10 heteroatoms. The highest BCUT2D eigenvalue weighted by Gasteiger charge is 2.76. The van der Waals surface area contributed by atoms with Crippen LogP contribution in [0.2, 0.25) is 0 Å². The van der Waals surface area contributed by atoms with Crippen molar-refractivity contribution in [2.75, 3.05) is 20.3 Å². The first kappa shape index (κ1) is 27.6. The molecule has 0 radical (unpaired) electrons. The van der Waals surface area contributed by atoms with Crippen LogP contribution in [0, 0.1) is 28.6 Å². The smallest absolute Gasteiger partial charge is 0.438 e. The van der Waals surface area contributed by atoms with Crippen LogP contribution < -0.4 is 0 Å². The average Bonchev–Trinajstić information content (AvgIpc) is 3.05. The molecule has 0 saturated heterocycles. The second-order valence-electron chi connectivity index (χ2n) is 11.1. The number of carbonyl (C=O) groups is 4. The molecule has 37 heavy (non-hydrogen) atoms. The number of Topliss-reactive ketones (excluding diaryl/α,β-unsaturated/α-hetero) is 1. The second-order valence-corrected chi connectivity index (χ2v) is 11.7. The highest BCUT2D eigenvalue weighted by Crippen LogP contribution is 2.72. The quantitative estimate of drug-likeness (QED) is 0.406. The van der Waals surface area contributed by atoms with E-state index in [9.17, 15) is 24.3 Å². The Morgan fingerprint density at radius 2 is 1.86 bits per heavy atom. The third kappa shape index (κ3) is 3.75. The number of fused-ring (bicyclic) bond motifs is 5. The van der Waals surface area contributed by atoms with Crippen LogP contribution in [0.4, 0.5) is 9.59 Å². The van der Waals surface area contributed by atoms with Gasteiger partial charge >= 0.3 is 12.3 Å². The van der Waals surface area contributed by atoms with E-state index in [0.29, 0.717) is 19.3 Å². The molecule has 3 fully saturated rings. The fraction of sp³-hybridized carbons (Fsp3) is 0.704. The van der Waals surface area contributed by atoms with Crippen molar-refractivity contribution in [3.05, 3.63) is 23.8 Å². The molecule has 8 atom stereocenters. The summed E-state index contributed by atoms with van der Waals surface area (Å²) in [7, 11) is 1.13. The van der Waals surface area contributed by atoms with Crippen LogP contribution >= 0.6 is 11.6 Å². The predicted octanol–water partition coefficient (Wildman–Crippen LogP) is 4.14. The molecular formula is C27H35ClO9. The first-order chi connectivity index (χ1) is 17.3. The largest absolute Gasteiger partial charge is 0.509 e. The Morgan fingerprint density at radius 3 is 2.51 bits per heavy atom. The number of ketones is 2. The van der Waals surface area contributed by atoms with Gasteiger partial charge in [0.2, 0.25) is 5.78 Å². The van der Waals surface area contributed by atoms with Crippen LogP contribution in [0.25, 0.3) is 0 Å². The molecule has 4 aliphatic carbocycles. The van der Waals surface area contributed by atoms with Gasteiger partial charge < -0.3 is 24.1 Å². The SMILES string of the molecule is CCOC(=O)O[C@]1(C(=O)COC(=O)OC)[C@H](C)C[C@H]2[C@@H]3CCC4=CC(=O)C=C[C@]4(C)[C@@]3(Cl)C(O)C[C@@]21C. The molecule has 9 nitrogen and oxygen atoms in total. The van der Waals surface area contributed by atoms with E-state index in [-0.39, 0.29) is 30.6 Å². The lowest BCUT2D eigenvalue weighted by atomic mass is 9.45. The summed E-state index contributed by atoms with van der Waals surface area (Å²) in [6, 6.07) is 0. The van der Waals surface area contributed by atoms with E-state index in [4.69, 9.17) is 25.8 Å². The molecule has 0 aliphatic heterocycles. The first-order valence-corrected chi connectivity index (χ1v) is 13.1. The summed E-state index contributed by atoms with van der Waals surface area (Å²) in [6.07, 6.45) is 3.52. The van der Waals surface area contributed by atoms with Gasteiger partial charge in [0.05, 0.1) is 24.7 Å². The van der Waals surface area contributed by atoms with Crippen LogP contribution in [-0.4, -0.2) is 65.9 Å². The summed E-state index contributed by atoms with van der Waals surface area (Å²) >= 11 is 7.46. The molecular weight excluding hydrogens is 504 g/mol. The van der Waals surface area contributed by atoms with Crippen LogP contribution in [0.5, 0.6) is 0 Å². The number of hydrogen-bond donors (Lipinski definition) is 1. The third-order valence-electron chi connectivity index (χ3n) is 9.59. The maximum atomic E-state index is 13.8. The molecule has 1 unspecified atom stereocenters. The number of hydrogen-bond acceptors (Lipinski definition) is 9. The maximum Gasteiger partial charge on any atom is 0.509 e. The summed E-state index contributed by atoms with van der Waals surface area (Å²) in [4.78, 5) is 49.2. The minimum absolute atomic E-state index is 0.0465. The minimum Gasteiger partial charge on any atom is -0.438 e. The highest BCUT2D eigenvalue weighted by atomic mass is 35.5. The van der Waals surface area contributed by atoms with E-state index < -0.39 is 58.0 Å². The number of aliphatic hydroxyl groups is 1. The van der Waals surface area contributed by atoms with Gasteiger partial charge in [0.25, 0.3) is 0 Å². The van der Waals surface area contributed by atoms with Gasteiger partial charge in [0.1, 0.15) is 0 Å². The molecule has 0 bridgehead atoms. The van der Waals surface area contributed by atoms with Crippen molar-refractivity contribution in [2.24, 2.45) is 28.6 Å². The van der Waals surface area contributed by atoms with Crippen molar-refractivity contribution in [3.8, 4) is 0 Å². The molecule has 0 spiro atoms. The van der Waals surface area contributed by atoms with E-state index in [0.717, 1.165) is 12.7 Å². The molecule has 4 aliphatic rings. The summed E-state index contributed by atoms with van der Waals surface area (Å²) < 4.78 is 20.4. The predicted molar refractivity (Wildman–Crippen MR) is 132 cm³/mol. The van der Waals surface area contributed by atoms with Crippen LogP contribution in [0.3, 0.4) is 0 Å². The van der Waals surface area contributed by atoms with E-state index in [1.54, 1.807) is 19.1 Å². The zero-order chi connectivity index (χ0) is 27.4. The number of methoxy groups -OCH3 is 1. The molecule has 4 rings (SSSR count). The monoisotopic (exact) mass is 538 g/mol. The summed E-state index contributed by atoms with van der Waals surface area (Å²) in [6.45, 7) is 6.61. The van der Waals surface area contributed by atoms with Gasteiger partial charge in [-0.25, -0.2) is 9.59 Å². The Morgan fingerprint density at radius 1 is 1.16 bits per heavy atom. The van der Waals surface area contributed by atoms with Gasteiger partial charge in [0.15, 0.2) is 18.0 Å². The standard InChI is InChI=1S/C27H35ClO9/c1-6-35-23(33)37-27(21(31)14-36-22(32)34-5)15(2)11-19-18-8-7-16-12-17(29)9-10-24(16,3)26(18,28)20(30)13-25(19,27)4/h9-10,12,15,18-20,30H,6-8,11,13-14H2,1-5H3/t15-,18+,19+,20?,24+,25+,26+,27+/m1/s1. The number of allylic oxidation sites excluding steroid dienone is 4. The van der Waals surface area contributed by atoms with Gasteiger partial charge in [-0.15, -0.1) is 11.6 Å². The molecule has 0 amide bonds. The van der Waals surface area contributed by atoms with E-state index in [1.165, 1.54) is 6.08 Å². The van der Waals surface area contributed by atoms with Crippen LogP contribution in [0.15, 0.2) is 23.8 Å². The Balaban J connectivity index is 1.80. The average molecular weight is 539 g/mol. The number of ether oxygens (including phenoxy) is 4. The molecule has 204 valence electrons. The van der Waals surface area contributed by atoms with Gasteiger partial charge in [-0.3, -0.25) is 9.59 Å². The Hall–Kier alpha value is -2.39. The van der Waals surface area contributed by atoms with E-state index in [2.05, 4.69) is 4.74 Å². The van der Waals surface area contributed by atoms with Gasteiger partial charge in [-0.1, -0.05) is 32.4 Å². The highest BCUT2D eigenvalue weighted by molar-refractivity contribution is 6.26. The van der Waals surface area contributed by atoms with Gasteiger partial charge in [-0.2, -0.15) is 0 Å². The zero-order valence-electron chi connectivity index (χ0n) is 21.9. The van der Waals surface area contributed by atoms with Crippen molar-refractivity contribution in [2.45, 2.75) is 70.0 Å². The molecule has 0 aromatic rings. The lowest BCUT2D eigenvalue weighted by molar-refractivity contribution is -0.185. The Kier molecular flexibility index (Phi) is 7.03. The number of aliphatic hydroxyl groups excluding tert-OH is 1. The number of carbonyl (C=O) groups excluding carboxylic acids is 4. The Bertz CT molecular complexity index is 1070. The molecule has 0 heterocycles. The summed E-state index contributed by atoms with van der Waals surface area (Å²) in [5.41, 5.74) is -2.64. The number of alkyl halides is 1. The van der Waals surface area contributed by atoms with E-state index >= 15 is 0 Å². The van der Waals surface area contributed by atoms with Crippen molar-refractivity contribution in [1.82, 2.24) is 0 Å². The van der Waals surface area contributed by atoms with Crippen molar-refractivity contribution in [1.29, 1.82) is 0 Å². The summed E-state index contributed by atoms with van der Waals surface area (Å²) in [5, 5.41) is 11.8. The fourth-order valence-electron chi connectivity index (χ4n) is 7.97. The van der Waals surface area contributed by atoms with Gasteiger partial charge in [0, 0.05) is 16.7 Å². The van der Waals surface area contributed by atoms with Gasteiger partial charge in [-0.05, 0) is 56.6 Å². The van der Waals surface area contributed by atoms with Crippen LogP contribution in [-0.2, 0) is 28.5 Å². The summed E-state index contributed by atoms with van der Waals surface area (Å²) in [5.74, 6) is -1.67. The molecule has 0 aromatic heterocycles. The fourth-order valence-corrected chi connectivity index (χ4v) is 8.49. The number of rotatable bonds is 5. The third-order valence-corrected chi connectivity index (χ3v) is 10.5. The topological polar surface area (TPSA) is 125 Å².